The van der Waals surface area contributed by atoms with Crippen molar-refractivity contribution in [1.82, 2.24) is 10.6 Å². The van der Waals surface area contributed by atoms with Gasteiger partial charge in [0.2, 0.25) is 0 Å². The first-order valence-corrected chi connectivity index (χ1v) is 7.92. The number of methoxy groups -OCH3 is 1. The van der Waals surface area contributed by atoms with Crippen LogP contribution in [0.5, 0.6) is 5.75 Å². The summed E-state index contributed by atoms with van der Waals surface area (Å²) in [6, 6.07) is 16.5. The number of halogens is 1. The van der Waals surface area contributed by atoms with E-state index in [-0.39, 0.29) is 24.0 Å². The molecule has 0 amide bonds. The lowest BCUT2D eigenvalue weighted by molar-refractivity contribution is 0.414. The van der Waals surface area contributed by atoms with Crippen LogP contribution < -0.4 is 15.4 Å². The third-order valence-electron chi connectivity index (χ3n) is 3.44. The predicted molar refractivity (Wildman–Crippen MR) is 111 cm³/mol. The Balaban J connectivity index is 0.00000288. The average molecular weight is 439 g/mol. The lowest BCUT2D eigenvalue weighted by Crippen LogP contribution is -2.36. The molecule has 0 saturated heterocycles. The van der Waals surface area contributed by atoms with Gasteiger partial charge in [-0.2, -0.15) is 0 Å². The maximum atomic E-state index is 5.25. The molecule has 0 fully saturated rings. The molecule has 2 N–H and O–H groups in total. The monoisotopic (exact) mass is 439 g/mol. The van der Waals surface area contributed by atoms with Gasteiger partial charge >= 0.3 is 0 Å². The summed E-state index contributed by atoms with van der Waals surface area (Å²) >= 11 is 0. The Morgan fingerprint density at radius 3 is 2.50 bits per heavy atom. The van der Waals surface area contributed by atoms with E-state index in [0.29, 0.717) is 13.1 Å². The third-order valence-corrected chi connectivity index (χ3v) is 3.44. The van der Waals surface area contributed by atoms with Crippen LogP contribution in [0.15, 0.2) is 53.5 Å². The molecule has 0 radical (unpaired) electrons. The number of ether oxygens (including phenoxy) is 1. The van der Waals surface area contributed by atoms with Crippen LogP contribution in [0.25, 0.3) is 0 Å². The van der Waals surface area contributed by atoms with Crippen molar-refractivity contribution in [3.63, 3.8) is 0 Å². The van der Waals surface area contributed by atoms with Crippen LogP contribution in [0.1, 0.15) is 23.6 Å². The highest BCUT2D eigenvalue weighted by Crippen LogP contribution is 2.12. The predicted octanol–water partition coefficient (Wildman–Crippen LogP) is 3.88. The highest BCUT2D eigenvalue weighted by molar-refractivity contribution is 14.0. The molecule has 0 bridgehead atoms. The summed E-state index contributed by atoms with van der Waals surface area (Å²) in [6.45, 7) is 6.36. The maximum Gasteiger partial charge on any atom is 0.191 e. The van der Waals surface area contributed by atoms with Gasteiger partial charge in [0.25, 0.3) is 0 Å². The molecule has 130 valence electrons. The second-order valence-electron chi connectivity index (χ2n) is 5.39. The Kier molecular flexibility index (Phi) is 9.22. The normalized spacial score (nSPS) is 10.7. The number of rotatable bonds is 6. The van der Waals surface area contributed by atoms with Gasteiger partial charge < -0.3 is 15.4 Å². The minimum absolute atomic E-state index is 0. The lowest BCUT2D eigenvalue weighted by atomic mass is 10.1. The number of hydrogen-bond acceptors (Lipinski definition) is 2. The molecule has 0 atom stereocenters. The van der Waals surface area contributed by atoms with Gasteiger partial charge in [0, 0.05) is 13.1 Å². The molecule has 0 aliphatic rings. The average Bonchev–Trinajstić information content (AvgIpc) is 2.57. The first kappa shape index (κ1) is 20.3. The second-order valence-corrected chi connectivity index (χ2v) is 5.39. The standard InChI is InChI=1S/C19H25N3O.HI/c1-4-20-19(21-13-16-8-5-7-15(2)11-16)22-14-17-9-6-10-18(12-17)23-3;/h5-12H,4,13-14H2,1-3H3,(H2,20,21,22);1H. The van der Waals surface area contributed by atoms with Gasteiger partial charge in [-0.25, -0.2) is 4.99 Å². The summed E-state index contributed by atoms with van der Waals surface area (Å²) in [5.74, 6) is 1.68. The van der Waals surface area contributed by atoms with E-state index in [1.807, 2.05) is 18.2 Å². The van der Waals surface area contributed by atoms with Crippen LogP contribution in [0.3, 0.4) is 0 Å². The van der Waals surface area contributed by atoms with Crippen molar-refractivity contribution in [2.24, 2.45) is 4.99 Å². The summed E-state index contributed by atoms with van der Waals surface area (Å²) in [5.41, 5.74) is 3.63. The Morgan fingerprint density at radius 2 is 1.79 bits per heavy atom. The second kappa shape index (κ2) is 10.9. The van der Waals surface area contributed by atoms with E-state index in [0.717, 1.165) is 23.8 Å². The van der Waals surface area contributed by atoms with Gasteiger partial charge in [-0.3, -0.25) is 0 Å². The maximum absolute atomic E-state index is 5.25. The van der Waals surface area contributed by atoms with Crippen molar-refractivity contribution < 1.29 is 4.74 Å². The molecule has 2 rings (SSSR count). The smallest absolute Gasteiger partial charge is 0.191 e. The fourth-order valence-electron chi connectivity index (χ4n) is 2.29. The van der Waals surface area contributed by atoms with Crippen LogP contribution in [0.2, 0.25) is 0 Å². The molecule has 0 heterocycles. The van der Waals surface area contributed by atoms with Gasteiger partial charge in [0.05, 0.1) is 13.7 Å². The minimum Gasteiger partial charge on any atom is -0.497 e. The van der Waals surface area contributed by atoms with E-state index in [9.17, 15) is 0 Å². The number of guanidine groups is 1. The molecule has 0 aromatic heterocycles. The topological polar surface area (TPSA) is 45.7 Å². The Morgan fingerprint density at radius 1 is 1.04 bits per heavy atom. The zero-order chi connectivity index (χ0) is 16.5. The van der Waals surface area contributed by atoms with Crippen LogP contribution in [-0.4, -0.2) is 19.6 Å². The molecule has 0 unspecified atom stereocenters. The zero-order valence-electron chi connectivity index (χ0n) is 14.5. The van der Waals surface area contributed by atoms with Crippen molar-refractivity contribution in [2.75, 3.05) is 13.7 Å². The first-order valence-electron chi connectivity index (χ1n) is 7.92. The Bertz CT molecular complexity index is 659. The van der Waals surface area contributed by atoms with E-state index >= 15 is 0 Å². The Labute approximate surface area is 161 Å². The molecule has 0 saturated carbocycles. The van der Waals surface area contributed by atoms with Gasteiger partial charge in [0.1, 0.15) is 5.75 Å². The number of hydrogen-bond donors (Lipinski definition) is 2. The zero-order valence-corrected chi connectivity index (χ0v) is 16.8. The summed E-state index contributed by atoms with van der Waals surface area (Å²) in [6.07, 6.45) is 0. The van der Waals surface area contributed by atoms with Gasteiger partial charge in [-0.1, -0.05) is 42.0 Å². The van der Waals surface area contributed by atoms with Crippen LogP contribution in [0.4, 0.5) is 0 Å². The quantitative estimate of drug-likeness (QED) is 0.408. The molecule has 0 spiro atoms. The molecule has 2 aromatic carbocycles. The molecule has 24 heavy (non-hydrogen) atoms. The molecule has 4 nitrogen and oxygen atoms in total. The van der Waals surface area contributed by atoms with Crippen LogP contribution in [0, 0.1) is 6.92 Å². The van der Waals surface area contributed by atoms with Gasteiger partial charge in [0.15, 0.2) is 5.96 Å². The molecule has 5 heteroatoms. The van der Waals surface area contributed by atoms with Crippen molar-refractivity contribution in [1.29, 1.82) is 0 Å². The Hall–Kier alpha value is -1.76. The van der Waals surface area contributed by atoms with Crippen molar-refractivity contribution >= 4 is 29.9 Å². The largest absolute Gasteiger partial charge is 0.497 e. The summed E-state index contributed by atoms with van der Waals surface area (Å²) < 4.78 is 5.25. The van der Waals surface area contributed by atoms with E-state index in [4.69, 9.17) is 4.74 Å². The van der Waals surface area contributed by atoms with E-state index in [1.165, 1.54) is 11.1 Å². The molecular weight excluding hydrogens is 413 g/mol. The fourth-order valence-corrected chi connectivity index (χ4v) is 2.29. The number of benzene rings is 2. The SMILES string of the molecule is CCNC(=NCc1cccc(C)c1)NCc1cccc(OC)c1.I. The van der Waals surface area contributed by atoms with Crippen LogP contribution in [-0.2, 0) is 13.1 Å². The van der Waals surface area contributed by atoms with Crippen LogP contribution >= 0.6 is 24.0 Å². The van der Waals surface area contributed by atoms with Crippen molar-refractivity contribution in [3.8, 4) is 5.75 Å². The molecule has 0 aliphatic heterocycles. The van der Waals surface area contributed by atoms with Gasteiger partial charge in [-0.05, 0) is 37.1 Å². The lowest BCUT2D eigenvalue weighted by Gasteiger charge is -2.12. The van der Waals surface area contributed by atoms with Gasteiger partial charge in [-0.15, -0.1) is 24.0 Å². The van der Waals surface area contributed by atoms with Crippen molar-refractivity contribution in [2.45, 2.75) is 26.9 Å². The fraction of sp³-hybridized carbons (Fsp3) is 0.316. The molecule has 2 aromatic rings. The number of aliphatic imine (C=N–C) groups is 1. The minimum atomic E-state index is 0. The molecular formula is C19H26IN3O. The molecule has 0 aliphatic carbocycles. The first-order chi connectivity index (χ1) is 11.2. The summed E-state index contributed by atoms with van der Waals surface area (Å²) in [4.78, 5) is 4.65. The number of aryl methyl sites for hydroxylation is 1. The van der Waals surface area contributed by atoms with E-state index < -0.39 is 0 Å². The summed E-state index contributed by atoms with van der Waals surface area (Å²) in [5, 5.41) is 6.63. The van der Waals surface area contributed by atoms with E-state index in [2.05, 4.69) is 59.8 Å². The third kappa shape index (κ3) is 6.78. The number of nitrogens with zero attached hydrogens (tertiary/aromatic N) is 1. The number of nitrogens with one attached hydrogen (secondary N) is 2. The summed E-state index contributed by atoms with van der Waals surface area (Å²) in [7, 11) is 1.68. The van der Waals surface area contributed by atoms with Crippen molar-refractivity contribution in [3.05, 3.63) is 65.2 Å². The highest BCUT2D eigenvalue weighted by Gasteiger charge is 2.00. The van der Waals surface area contributed by atoms with E-state index in [1.54, 1.807) is 7.11 Å². The highest BCUT2D eigenvalue weighted by atomic mass is 127.